The van der Waals surface area contributed by atoms with Gasteiger partial charge in [0, 0.05) is 18.2 Å². The van der Waals surface area contributed by atoms with E-state index in [0.717, 1.165) is 23.1 Å². The van der Waals surface area contributed by atoms with E-state index in [1.165, 1.54) is 26.0 Å². The number of hydrogen-bond acceptors (Lipinski definition) is 5. The molecule has 0 aliphatic carbocycles. The Labute approximate surface area is 180 Å². The molecule has 0 saturated heterocycles. The summed E-state index contributed by atoms with van der Waals surface area (Å²) < 4.78 is 45.8. The molecule has 7 nitrogen and oxygen atoms in total. The number of sulfonamides is 1. The number of benzene rings is 2. The van der Waals surface area contributed by atoms with Gasteiger partial charge in [-0.15, -0.1) is 0 Å². The average Bonchev–Trinajstić information content (AvgIpc) is 3.08. The van der Waals surface area contributed by atoms with Crippen LogP contribution in [-0.2, 0) is 29.3 Å². The van der Waals surface area contributed by atoms with Crippen molar-refractivity contribution in [1.29, 1.82) is 0 Å². The Morgan fingerprint density at radius 1 is 1.13 bits per heavy atom. The molecule has 2 aromatic carbocycles. The van der Waals surface area contributed by atoms with Crippen LogP contribution >= 0.6 is 0 Å². The summed E-state index contributed by atoms with van der Waals surface area (Å²) in [5, 5.41) is 4.24. The maximum absolute atomic E-state index is 14.2. The first-order valence-electron chi connectivity index (χ1n) is 9.50. The Morgan fingerprint density at radius 2 is 1.74 bits per heavy atom. The number of carbonyl (C=O) groups is 1. The zero-order valence-electron chi connectivity index (χ0n) is 17.7. The second-order valence-electron chi connectivity index (χ2n) is 7.72. The summed E-state index contributed by atoms with van der Waals surface area (Å²) in [5.41, 5.74) is 1.61. The zero-order chi connectivity index (χ0) is 22.8. The topological polar surface area (TPSA) is 90.3 Å². The highest BCUT2D eigenvalue weighted by atomic mass is 32.2. The predicted molar refractivity (Wildman–Crippen MR) is 116 cm³/mol. The minimum Gasteiger partial charge on any atom is -0.489 e. The number of carbonyl (C=O) groups excluding carboxylic acids is 1. The number of aromatic nitrogens is 2. The van der Waals surface area contributed by atoms with Crippen LogP contribution in [-0.4, -0.2) is 30.4 Å². The van der Waals surface area contributed by atoms with Gasteiger partial charge in [0.2, 0.25) is 10.0 Å². The van der Waals surface area contributed by atoms with Crippen molar-refractivity contribution < 1.29 is 22.3 Å². The number of nitrogens with one attached hydrogen (secondary N) is 1. The molecule has 164 valence electrons. The van der Waals surface area contributed by atoms with Gasteiger partial charge in [0.15, 0.2) is 0 Å². The third kappa shape index (κ3) is 5.91. The van der Waals surface area contributed by atoms with E-state index in [-0.39, 0.29) is 12.2 Å². The molecule has 1 N–H and O–H groups in total. The standard InChI is InChI=1S/C22H24FN3O4S/c1-22(2,23)20-13-19(26(3)24-20)16-9-11-18(12-10-16)30-14-15-5-7-17(8-6-15)21(27)25-31(4,28)29/h5-13H,14H2,1-4H3,(H,25,27). The summed E-state index contributed by atoms with van der Waals surface area (Å²) in [6.45, 7) is 3.22. The molecule has 0 saturated carbocycles. The van der Waals surface area contributed by atoms with Gasteiger partial charge < -0.3 is 4.74 Å². The summed E-state index contributed by atoms with van der Waals surface area (Å²) in [7, 11) is -1.84. The molecule has 0 spiro atoms. The average molecular weight is 446 g/mol. The molecular formula is C22H24FN3O4S. The zero-order valence-corrected chi connectivity index (χ0v) is 18.5. The number of aryl methyl sites for hydroxylation is 1. The Morgan fingerprint density at radius 3 is 2.26 bits per heavy atom. The molecule has 1 amide bonds. The first-order chi connectivity index (χ1) is 14.4. The van der Waals surface area contributed by atoms with Crippen molar-refractivity contribution in [2.45, 2.75) is 26.1 Å². The molecule has 3 aromatic rings. The van der Waals surface area contributed by atoms with Crippen LogP contribution in [0.1, 0.15) is 35.5 Å². The fraction of sp³-hybridized carbons (Fsp3) is 0.273. The normalized spacial score (nSPS) is 11.9. The number of hydrogen-bond donors (Lipinski definition) is 1. The van der Waals surface area contributed by atoms with E-state index in [4.69, 9.17) is 4.74 Å². The molecule has 0 unspecified atom stereocenters. The summed E-state index contributed by atoms with van der Waals surface area (Å²) in [6.07, 6.45) is 0.924. The van der Waals surface area contributed by atoms with Gasteiger partial charge in [0.1, 0.15) is 18.0 Å². The number of alkyl halides is 1. The lowest BCUT2D eigenvalue weighted by atomic mass is 10.1. The van der Waals surface area contributed by atoms with Crippen LogP contribution < -0.4 is 9.46 Å². The van der Waals surface area contributed by atoms with Gasteiger partial charge in [-0.05, 0) is 61.9 Å². The summed E-state index contributed by atoms with van der Waals surface area (Å²) in [4.78, 5) is 11.8. The molecule has 31 heavy (non-hydrogen) atoms. The number of nitrogens with zero attached hydrogens (tertiary/aromatic N) is 2. The maximum Gasteiger partial charge on any atom is 0.264 e. The number of ether oxygens (including phenoxy) is 1. The van der Waals surface area contributed by atoms with Gasteiger partial charge in [0.25, 0.3) is 5.91 Å². The van der Waals surface area contributed by atoms with E-state index in [0.29, 0.717) is 11.4 Å². The third-order valence-corrected chi connectivity index (χ3v) is 5.09. The maximum atomic E-state index is 14.2. The molecule has 3 rings (SSSR count). The van der Waals surface area contributed by atoms with Gasteiger partial charge in [-0.3, -0.25) is 9.48 Å². The molecule has 0 fully saturated rings. The molecular weight excluding hydrogens is 421 g/mol. The second-order valence-corrected chi connectivity index (χ2v) is 9.47. The monoisotopic (exact) mass is 445 g/mol. The number of amides is 1. The van der Waals surface area contributed by atoms with Crippen LogP contribution in [0.2, 0.25) is 0 Å². The van der Waals surface area contributed by atoms with Gasteiger partial charge in [0.05, 0.1) is 17.6 Å². The van der Waals surface area contributed by atoms with Crippen molar-refractivity contribution in [3.8, 4) is 17.0 Å². The molecule has 0 radical (unpaired) electrons. The number of halogens is 1. The Balaban J connectivity index is 1.63. The SMILES string of the molecule is Cn1nc(C(C)(C)F)cc1-c1ccc(OCc2ccc(C(=O)NS(C)(=O)=O)cc2)cc1. The molecule has 0 aliphatic heterocycles. The van der Waals surface area contributed by atoms with Crippen molar-refractivity contribution in [2.75, 3.05) is 6.26 Å². The van der Waals surface area contributed by atoms with E-state index >= 15 is 0 Å². The molecule has 9 heteroatoms. The Bertz CT molecular complexity index is 1180. The van der Waals surface area contributed by atoms with E-state index < -0.39 is 21.6 Å². The highest BCUT2D eigenvalue weighted by Gasteiger charge is 2.23. The van der Waals surface area contributed by atoms with Gasteiger partial charge in [-0.1, -0.05) is 12.1 Å². The van der Waals surface area contributed by atoms with Crippen LogP contribution in [0, 0.1) is 0 Å². The van der Waals surface area contributed by atoms with Gasteiger partial charge in [-0.2, -0.15) is 5.10 Å². The van der Waals surface area contributed by atoms with Crippen LogP contribution in [0.4, 0.5) is 4.39 Å². The van der Waals surface area contributed by atoms with Crippen molar-refractivity contribution >= 4 is 15.9 Å². The molecule has 0 bridgehead atoms. The predicted octanol–water partition coefficient (Wildman–Crippen LogP) is 3.56. The molecule has 1 aromatic heterocycles. The Kier molecular flexibility index (Phi) is 6.17. The minimum absolute atomic E-state index is 0.241. The first-order valence-corrected chi connectivity index (χ1v) is 11.4. The number of rotatable bonds is 7. The molecule has 1 heterocycles. The van der Waals surface area contributed by atoms with E-state index in [1.54, 1.807) is 29.9 Å². The fourth-order valence-electron chi connectivity index (χ4n) is 2.90. The lowest BCUT2D eigenvalue weighted by molar-refractivity contribution is 0.0981. The third-order valence-electron chi connectivity index (χ3n) is 4.54. The Hall–Kier alpha value is -3.20. The van der Waals surface area contributed by atoms with E-state index in [1.807, 2.05) is 29.0 Å². The van der Waals surface area contributed by atoms with Crippen molar-refractivity contribution in [1.82, 2.24) is 14.5 Å². The quantitative estimate of drug-likeness (QED) is 0.601. The lowest BCUT2D eigenvalue weighted by Gasteiger charge is -2.09. The molecule has 0 aliphatic rings. The van der Waals surface area contributed by atoms with E-state index in [9.17, 15) is 17.6 Å². The first kappa shape index (κ1) is 22.5. The summed E-state index contributed by atoms with van der Waals surface area (Å²) >= 11 is 0. The highest BCUT2D eigenvalue weighted by molar-refractivity contribution is 7.89. The van der Waals surface area contributed by atoms with E-state index in [2.05, 4.69) is 5.10 Å². The molecule has 0 atom stereocenters. The summed E-state index contributed by atoms with van der Waals surface area (Å²) in [5.74, 6) is -0.0316. The van der Waals surface area contributed by atoms with Crippen molar-refractivity contribution in [3.63, 3.8) is 0 Å². The van der Waals surface area contributed by atoms with Gasteiger partial charge in [-0.25, -0.2) is 17.5 Å². The largest absolute Gasteiger partial charge is 0.489 e. The highest BCUT2D eigenvalue weighted by Crippen LogP contribution is 2.29. The lowest BCUT2D eigenvalue weighted by Crippen LogP contribution is -2.29. The van der Waals surface area contributed by atoms with Crippen LogP contribution in [0.25, 0.3) is 11.3 Å². The van der Waals surface area contributed by atoms with Crippen LogP contribution in [0.15, 0.2) is 54.6 Å². The van der Waals surface area contributed by atoms with Crippen LogP contribution in [0.5, 0.6) is 5.75 Å². The van der Waals surface area contributed by atoms with Gasteiger partial charge >= 0.3 is 0 Å². The second kappa shape index (κ2) is 8.50. The minimum atomic E-state index is -3.61. The van der Waals surface area contributed by atoms with Crippen LogP contribution in [0.3, 0.4) is 0 Å². The summed E-state index contributed by atoms with van der Waals surface area (Å²) in [6, 6.07) is 15.6. The van der Waals surface area contributed by atoms with Crippen molar-refractivity contribution in [2.24, 2.45) is 7.05 Å². The smallest absolute Gasteiger partial charge is 0.264 e. The van der Waals surface area contributed by atoms with Crippen molar-refractivity contribution in [3.05, 3.63) is 71.4 Å². The fourth-order valence-corrected chi connectivity index (χ4v) is 3.35.